The quantitative estimate of drug-likeness (QED) is 0.687. The summed E-state index contributed by atoms with van der Waals surface area (Å²) in [5.74, 6) is 2.21. The molecule has 0 spiro atoms. The molecule has 0 aliphatic rings. The van der Waals surface area contributed by atoms with E-state index in [0.717, 1.165) is 30.8 Å². The fourth-order valence-corrected chi connectivity index (χ4v) is 1.85. The Morgan fingerprint density at radius 2 is 1.50 bits per heavy atom. The molecule has 0 saturated carbocycles. The van der Waals surface area contributed by atoms with Gasteiger partial charge in [0, 0.05) is 12.6 Å². The van der Waals surface area contributed by atoms with Crippen molar-refractivity contribution in [1.29, 1.82) is 0 Å². The first-order valence-corrected chi connectivity index (χ1v) is 6.75. The van der Waals surface area contributed by atoms with Gasteiger partial charge in [-0.05, 0) is 44.8 Å². The van der Waals surface area contributed by atoms with Crippen LogP contribution in [0.4, 0.5) is 0 Å². The molecule has 0 amide bonds. The standard InChI is InChI=1S/C14H32N2/c1-11(2)8-15-9-13(5)10-16(7)14(6)12(3)4/h11-15H,8-10H2,1-7H3. The second-order valence-electron chi connectivity index (χ2n) is 6.08. The van der Waals surface area contributed by atoms with Gasteiger partial charge in [-0.3, -0.25) is 0 Å². The van der Waals surface area contributed by atoms with E-state index in [-0.39, 0.29) is 0 Å². The number of hydrogen-bond donors (Lipinski definition) is 1. The maximum atomic E-state index is 3.53. The van der Waals surface area contributed by atoms with Gasteiger partial charge < -0.3 is 10.2 Å². The van der Waals surface area contributed by atoms with Crippen LogP contribution >= 0.6 is 0 Å². The average molecular weight is 228 g/mol. The largest absolute Gasteiger partial charge is 0.316 e. The molecule has 0 heterocycles. The Balaban J connectivity index is 3.73. The maximum absolute atomic E-state index is 3.53. The molecule has 2 atom stereocenters. The maximum Gasteiger partial charge on any atom is 0.00870 e. The van der Waals surface area contributed by atoms with Gasteiger partial charge in [-0.25, -0.2) is 0 Å². The molecule has 0 radical (unpaired) electrons. The fraction of sp³-hybridized carbons (Fsp3) is 1.00. The van der Waals surface area contributed by atoms with Crippen molar-refractivity contribution in [1.82, 2.24) is 10.2 Å². The van der Waals surface area contributed by atoms with Gasteiger partial charge in [-0.1, -0.05) is 34.6 Å². The lowest BCUT2D eigenvalue weighted by Crippen LogP contribution is -2.39. The highest BCUT2D eigenvalue weighted by atomic mass is 15.1. The van der Waals surface area contributed by atoms with Gasteiger partial charge in [-0.15, -0.1) is 0 Å². The van der Waals surface area contributed by atoms with Crippen LogP contribution in [0.2, 0.25) is 0 Å². The predicted molar refractivity (Wildman–Crippen MR) is 73.8 cm³/mol. The van der Waals surface area contributed by atoms with E-state index in [1.807, 2.05) is 0 Å². The van der Waals surface area contributed by atoms with E-state index in [0.29, 0.717) is 6.04 Å². The normalized spacial score (nSPS) is 16.1. The van der Waals surface area contributed by atoms with Crippen LogP contribution in [-0.4, -0.2) is 37.6 Å². The third kappa shape index (κ3) is 7.24. The molecule has 0 saturated heterocycles. The Morgan fingerprint density at radius 1 is 0.938 bits per heavy atom. The zero-order valence-corrected chi connectivity index (χ0v) is 12.4. The summed E-state index contributed by atoms with van der Waals surface area (Å²) >= 11 is 0. The van der Waals surface area contributed by atoms with E-state index >= 15 is 0 Å². The Labute approximate surface area is 103 Å². The topological polar surface area (TPSA) is 15.3 Å². The summed E-state index contributed by atoms with van der Waals surface area (Å²) in [6.07, 6.45) is 0. The highest BCUT2D eigenvalue weighted by Gasteiger charge is 2.15. The molecular weight excluding hydrogens is 196 g/mol. The number of hydrogen-bond acceptors (Lipinski definition) is 2. The van der Waals surface area contributed by atoms with Crippen molar-refractivity contribution in [3.8, 4) is 0 Å². The van der Waals surface area contributed by atoms with Crippen LogP contribution in [0.1, 0.15) is 41.5 Å². The summed E-state index contributed by atoms with van der Waals surface area (Å²) in [7, 11) is 2.24. The molecule has 98 valence electrons. The van der Waals surface area contributed by atoms with Gasteiger partial charge in [-0.2, -0.15) is 0 Å². The van der Waals surface area contributed by atoms with Crippen LogP contribution < -0.4 is 5.32 Å². The molecule has 0 aliphatic heterocycles. The van der Waals surface area contributed by atoms with E-state index < -0.39 is 0 Å². The van der Waals surface area contributed by atoms with Crippen molar-refractivity contribution < 1.29 is 0 Å². The fourth-order valence-electron chi connectivity index (χ4n) is 1.85. The molecule has 0 aliphatic carbocycles. The van der Waals surface area contributed by atoms with Crippen molar-refractivity contribution in [2.45, 2.75) is 47.6 Å². The van der Waals surface area contributed by atoms with Gasteiger partial charge in [0.1, 0.15) is 0 Å². The minimum absolute atomic E-state index is 0.674. The summed E-state index contributed by atoms with van der Waals surface area (Å²) in [5, 5.41) is 3.53. The molecule has 2 unspecified atom stereocenters. The Bertz CT molecular complexity index is 166. The van der Waals surface area contributed by atoms with Crippen molar-refractivity contribution in [2.24, 2.45) is 17.8 Å². The molecule has 0 aromatic rings. The Morgan fingerprint density at radius 3 is 1.94 bits per heavy atom. The van der Waals surface area contributed by atoms with Crippen molar-refractivity contribution in [3.05, 3.63) is 0 Å². The molecule has 0 rings (SSSR count). The van der Waals surface area contributed by atoms with E-state index in [1.165, 1.54) is 6.54 Å². The summed E-state index contributed by atoms with van der Waals surface area (Å²) in [6.45, 7) is 17.2. The van der Waals surface area contributed by atoms with Crippen LogP contribution in [0.25, 0.3) is 0 Å². The van der Waals surface area contributed by atoms with Crippen LogP contribution in [0.3, 0.4) is 0 Å². The van der Waals surface area contributed by atoms with Gasteiger partial charge in [0.05, 0.1) is 0 Å². The van der Waals surface area contributed by atoms with Crippen LogP contribution in [0, 0.1) is 17.8 Å². The SMILES string of the molecule is CC(C)CNCC(C)CN(C)C(C)C(C)C. The second kappa shape index (κ2) is 8.08. The van der Waals surface area contributed by atoms with E-state index in [1.54, 1.807) is 0 Å². The molecule has 0 aromatic heterocycles. The number of nitrogens with zero attached hydrogens (tertiary/aromatic N) is 1. The molecular formula is C14H32N2. The zero-order valence-electron chi connectivity index (χ0n) is 12.4. The highest BCUT2D eigenvalue weighted by molar-refractivity contribution is 4.70. The van der Waals surface area contributed by atoms with Crippen molar-refractivity contribution >= 4 is 0 Å². The molecule has 0 aromatic carbocycles. The Hall–Kier alpha value is -0.0800. The molecule has 1 N–H and O–H groups in total. The Kier molecular flexibility index (Phi) is 8.04. The van der Waals surface area contributed by atoms with Crippen LogP contribution in [-0.2, 0) is 0 Å². The van der Waals surface area contributed by atoms with Crippen LogP contribution in [0.5, 0.6) is 0 Å². The van der Waals surface area contributed by atoms with Crippen molar-refractivity contribution in [2.75, 3.05) is 26.7 Å². The highest BCUT2D eigenvalue weighted by Crippen LogP contribution is 2.09. The smallest absolute Gasteiger partial charge is 0.00870 e. The third-order valence-electron chi connectivity index (χ3n) is 3.31. The summed E-state index contributed by atoms with van der Waals surface area (Å²) in [4.78, 5) is 2.48. The molecule has 16 heavy (non-hydrogen) atoms. The lowest BCUT2D eigenvalue weighted by Gasteiger charge is -2.30. The first-order valence-electron chi connectivity index (χ1n) is 6.75. The van der Waals surface area contributed by atoms with Crippen LogP contribution in [0.15, 0.2) is 0 Å². The average Bonchev–Trinajstić information content (AvgIpc) is 2.15. The third-order valence-corrected chi connectivity index (χ3v) is 3.31. The summed E-state index contributed by atoms with van der Waals surface area (Å²) in [5.41, 5.74) is 0. The number of rotatable bonds is 8. The number of nitrogens with one attached hydrogen (secondary N) is 1. The van der Waals surface area contributed by atoms with E-state index in [2.05, 4.69) is 58.8 Å². The van der Waals surface area contributed by atoms with Gasteiger partial charge in [0.15, 0.2) is 0 Å². The van der Waals surface area contributed by atoms with E-state index in [9.17, 15) is 0 Å². The first kappa shape index (κ1) is 15.9. The minimum Gasteiger partial charge on any atom is -0.316 e. The lowest BCUT2D eigenvalue weighted by atomic mass is 10.0. The second-order valence-corrected chi connectivity index (χ2v) is 6.08. The molecule has 2 heteroatoms. The molecule has 0 bridgehead atoms. The monoisotopic (exact) mass is 228 g/mol. The molecule has 0 fully saturated rings. The minimum atomic E-state index is 0.674. The predicted octanol–water partition coefficient (Wildman–Crippen LogP) is 2.84. The summed E-state index contributed by atoms with van der Waals surface area (Å²) < 4.78 is 0. The van der Waals surface area contributed by atoms with Gasteiger partial charge in [0.25, 0.3) is 0 Å². The van der Waals surface area contributed by atoms with E-state index in [4.69, 9.17) is 0 Å². The lowest BCUT2D eigenvalue weighted by molar-refractivity contribution is 0.182. The van der Waals surface area contributed by atoms with Gasteiger partial charge >= 0.3 is 0 Å². The first-order chi connectivity index (χ1) is 7.34. The summed E-state index contributed by atoms with van der Waals surface area (Å²) in [6, 6.07) is 0.674. The molecule has 2 nitrogen and oxygen atoms in total. The van der Waals surface area contributed by atoms with Gasteiger partial charge in [0.2, 0.25) is 0 Å². The zero-order chi connectivity index (χ0) is 12.7. The van der Waals surface area contributed by atoms with Crippen molar-refractivity contribution in [3.63, 3.8) is 0 Å².